The summed E-state index contributed by atoms with van der Waals surface area (Å²) in [6.07, 6.45) is 5.77. The fraction of sp³-hybridized carbons (Fsp3) is 0.227. The molecule has 1 aliphatic rings. The molecule has 2 aromatic rings. The van der Waals surface area contributed by atoms with Gasteiger partial charge in [0.15, 0.2) is 5.78 Å². The molecule has 1 fully saturated rings. The van der Waals surface area contributed by atoms with Gasteiger partial charge in [-0.3, -0.25) is 19.7 Å². The highest BCUT2D eigenvalue weighted by Gasteiger charge is 2.11. The molecule has 0 bridgehead atoms. The molecule has 0 atom stereocenters. The van der Waals surface area contributed by atoms with E-state index in [9.17, 15) is 9.59 Å². The topological polar surface area (TPSA) is 91.8 Å². The van der Waals surface area contributed by atoms with Crippen LogP contribution in [0.5, 0.6) is 0 Å². The fourth-order valence-corrected chi connectivity index (χ4v) is 2.95. The minimum Gasteiger partial charge on any atom is -0.379 e. The molecule has 1 amide bonds. The van der Waals surface area contributed by atoms with Crippen molar-refractivity contribution in [2.24, 2.45) is 0 Å². The third kappa shape index (κ3) is 6.46. The van der Waals surface area contributed by atoms with E-state index < -0.39 is 5.91 Å². The third-order valence-electron chi connectivity index (χ3n) is 4.43. The number of benzene rings is 1. The normalized spacial score (nSPS) is 15.1. The third-order valence-corrected chi connectivity index (χ3v) is 4.43. The molecule has 1 aliphatic heterocycles. The number of amides is 1. The SMILES string of the molecule is O=C(C=Cc1cccc(C=CC(=O)c2cccc(CN3CCOCC3)c2)n1)NO. The Kier molecular flexibility index (Phi) is 7.40. The largest absolute Gasteiger partial charge is 0.379 e. The van der Waals surface area contributed by atoms with Crippen molar-refractivity contribution in [3.63, 3.8) is 0 Å². The summed E-state index contributed by atoms with van der Waals surface area (Å²) < 4.78 is 5.37. The Morgan fingerprint density at radius 1 is 1.07 bits per heavy atom. The van der Waals surface area contributed by atoms with Gasteiger partial charge in [-0.25, -0.2) is 10.5 Å². The van der Waals surface area contributed by atoms with E-state index in [1.54, 1.807) is 30.3 Å². The van der Waals surface area contributed by atoms with Crippen molar-refractivity contribution < 1.29 is 19.5 Å². The highest BCUT2D eigenvalue weighted by atomic mass is 16.5. The van der Waals surface area contributed by atoms with Crippen LogP contribution in [0.1, 0.15) is 27.3 Å². The molecule has 0 spiro atoms. The van der Waals surface area contributed by atoms with Gasteiger partial charge in [-0.1, -0.05) is 24.3 Å². The van der Waals surface area contributed by atoms with Crippen LogP contribution in [0.2, 0.25) is 0 Å². The van der Waals surface area contributed by atoms with Crippen LogP contribution in [0.25, 0.3) is 12.2 Å². The maximum Gasteiger partial charge on any atom is 0.267 e. The van der Waals surface area contributed by atoms with Gasteiger partial charge in [0.1, 0.15) is 0 Å². The molecule has 1 saturated heterocycles. The lowest BCUT2D eigenvalue weighted by Gasteiger charge is -2.26. The Morgan fingerprint density at radius 3 is 2.48 bits per heavy atom. The van der Waals surface area contributed by atoms with Crippen molar-refractivity contribution in [1.29, 1.82) is 0 Å². The van der Waals surface area contributed by atoms with Gasteiger partial charge in [0, 0.05) is 31.3 Å². The molecule has 1 aromatic carbocycles. The minimum atomic E-state index is -0.639. The number of carbonyl (C=O) groups excluding carboxylic acids is 2. The van der Waals surface area contributed by atoms with Crippen LogP contribution in [0.15, 0.2) is 54.6 Å². The van der Waals surface area contributed by atoms with E-state index >= 15 is 0 Å². The number of nitrogens with zero attached hydrogens (tertiary/aromatic N) is 2. The quantitative estimate of drug-likeness (QED) is 0.325. The second-order valence-electron chi connectivity index (χ2n) is 6.58. The van der Waals surface area contributed by atoms with Gasteiger partial charge in [-0.2, -0.15) is 0 Å². The molecule has 0 aliphatic carbocycles. The minimum absolute atomic E-state index is 0.101. The van der Waals surface area contributed by atoms with Gasteiger partial charge in [-0.15, -0.1) is 0 Å². The Balaban J connectivity index is 1.65. The van der Waals surface area contributed by atoms with E-state index in [4.69, 9.17) is 9.94 Å². The smallest absolute Gasteiger partial charge is 0.267 e. The molecule has 2 heterocycles. The molecule has 29 heavy (non-hydrogen) atoms. The first-order valence-electron chi connectivity index (χ1n) is 9.35. The molecular weight excluding hydrogens is 370 g/mol. The molecule has 3 rings (SSSR count). The lowest BCUT2D eigenvalue weighted by molar-refractivity contribution is -0.124. The lowest BCUT2D eigenvalue weighted by Crippen LogP contribution is -2.35. The molecule has 0 saturated carbocycles. The van der Waals surface area contributed by atoms with Crippen molar-refractivity contribution in [3.8, 4) is 0 Å². The number of morpholine rings is 1. The number of hydrogen-bond acceptors (Lipinski definition) is 6. The van der Waals surface area contributed by atoms with Crippen molar-refractivity contribution >= 4 is 23.8 Å². The zero-order valence-corrected chi connectivity index (χ0v) is 16.0. The van der Waals surface area contributed by atoms with Crippen LogP contribution in [0.4, 0.5) is 0 Å². The summed E-state index contributed by atoms with van der Waals surface area (Å²) in [5, 5.41) is 8.50. The molecule has 2 N–H and O–H groups in total. The number of hydroxylamine groups is 1. The summed E-state index contributed by atoms with van der Waals surface area (Å²) in [6.45, 7) is 4.08. The van der Waals surface area contributed by atoms with Gasteiger partial charge in [-0.05, 0) is 42.0 Å². The van der Waals surface area contributed by atoms with Crippen LogP contribution in [0.3, 0.4) is 0 Å². The molecule has 1 aromatic heterocycles. The number of ether oxygens (including phenoxy) is 1. The summed E-state index contributed by atoms with van der Waals surface area (Å²) in [6, 6.07) is 12.9. The average Bonchev–Trinajstić information content (AvgIpc) is 2.77. The van der Waals surface area contributed by atoms with Crippen LogP contribution in [-0.2, 0) is 16.1 Å². The Bertz CT molecular complexity index is 918. The molecule has 0 unspecified atom stereocenters. The highest BCUT2D eigenvalue weighted by Crippen LogP contribution is 2.12. The predicted molar refractivity (Wildman–Crippen MR) is 109 cm³/mol. The summed E-state index contributed by atoms with van der Waals surface area (Å²) >= 11 is 0. The summed E-state index contributed by atoms with van der Waals surface area (Å²) in [5.41, 5.74) is 4.37. The standard InChI is InChI=1S/C22H23N3O4/c26-21(9-7-19-5-2-6-20(23-19)8-10-22(27)24-28)18-4-1-3-17(15-18)16-25-11-13-29-14-12-25/h1-10,15,28H,11-14,16H2,(H,24,27). The Labute approximate surface area is 169 Å². The number of allylic oxidation sites excluding steroid dienone is 1. The number of hydrogen-bond donors (Lipinski definition) is 2. The first-order chi connectivity index (χ1) is 14.1. The van der Waals surface area contributed by atoms with Gasteiger partial charge in [0.2, 0.25) is 0 Å². The van der Waals surface area contributed by atoms with E-state index in [1.165, 1.54) is 23.7 Å². The summed E-state index contributed by atoms with van der Waals surface area (Å²) in [5.74, 6) is -0.740. The van der Waals surface area contributed by atoms with E-state index in [2.05, 4.69) is 9.88 Å². The summed E-state index contributed by atoms with van der Waals surface area (Å²) in [4.78, 5) is 30.3. The average molecular weight is 393 g/mol. The number of nitrogens with one attached hydrogen (secondary N) is 1. The number of pyridine rings is 1. The number of rotatable bonds is 7. The van der Waals surface area contributed by atoms with Gasteiger partial charge >= 0.3 is 0 Å². The highest BCUT2D eigenvalue weighted by molar-refractivity contribution is 6.06. The van der Waals surface area contributed by atoms with Gasteiger partial charge in [0.05, 0.1) is 24.6 Å². The molecule has 0 radical (unpaired) electrons. The van der Waals surface area contributed by atoms with Crippen LogP contribution >= 0.6 is 0 Å². The Hall–Kier alpha value is -3.13. The van der Waals surface area contributed by atoms with Crippen LogP contribution < -0.4 is 5.48 Å². The van der Waals surface area contributed by atoms with Crippen molar-refractivity contribution in [2.75, 3.05) is 26.3 Å². The molecule has 150 valence electrons. The number of carbonyl (C=O) groups is 2. The molecular formula is C22H23N3O4. The fourth-order valence-electron chi connectivity index (χ4n) is 2.95. The first-order valence-corrected chi connectivity index (χ1v) is 9.35. The second-order valence-corrected chi connectivity index (χ2v) is 6.58. The predicted octanol–water partition coefficient (Wildman–Crippen LogP) is 2.33. The van der Waals surface area contributed by atoms with Crippen molar-refractivity contribution in [3.05, 3.63) is 77.1 Å². The lowest BCUT2D eigenvalue weighted by atomic mass is 10.1. The zero-order chi connectivity index (χ0) is 20.5. The summed E-state index contributed by atoms with van der Waals surface area (Å²) in [7, 11) is 0. The van der Waals surface area contributed by atoms with Crippen molar-refractivity contribution in [2.45, 2.75) is 6.54 Å². The van der Waals surface area contributed by atoms with Crippen LogP contribution in [-0.4, -0.2) is 53.1 Å². The maximum absolute atomic E-state index is 12.6. The number of ketones is 1. The van der Waals surface area contributed by atoms with Gasteiger partial charge in [0.25, 0.3) is 5.91 Å². The van der Waals surface area contributed by atoms with E-state index in [1.807, 2.05) is 18.2 Å². The Morgan fingerprint density at radius 2 is 1.76 bits per heavy atom. The van der Waals surface area contributed by atoms with E-state index in [-0.39, 0.29) is 5.78 Å². The van der Waals surface area contributed by atoms with Crippen LogP contribution in [0, 0.1) is 0 Å². The van der Waals surface area contributed by atoms with E-state index in [0.717, 1.165) is 38.4 Å². The maximum atomic E-state index is 12.6. The molecule has 7 nitrogen and oxygen atoms in total. The number of aromatic nitrogens is 1. The van der Waals surface area contributed by atoms with Crippen molar-refractivity contribution in [1.82, 2.24) is 15.4 Å². The zero-order valence-electron chi connectivity index (χ0n) is 16.0. The monoisotopic (exact) mass is 393 g/mol. The van der Waals surface area contributed by atoms with Gasteiger partial charge < -0.3 is 4.74 Å². The first kappa shape index (κ1) is 20.6. The second kappa shape index (κ2) is 10.4. The van der Waals surface area contributed by atoms with E-state index in [0.29, 0.717) is 17.0 Å². The molecule has 7 heteroatoms.